The second-order valence-electron chi connectivity index (χ2n) is 1.87. The molecule has 4 heteroatoms. The van der Waals surface area contributed by atoms with Crippen LogP contribution in [0, 0.1) is 0 Å². The Kier molecular flexibility index (Phi) is 15.0. The second kappa shape index (κ2) is 10.6. The van der Waals surface area contributed by atoms with Crippen LogP contribution in [0.4, 0.5) is 0 Å². The van der Waals surface area contributed by atoms with Gasteiger partial charge in [-0.15, -0.1) is 0 Å². The molecular weight excluding hydrogens is 223 g/mol. The van der Waals surface area contributed by atoms with E-state index in [1.54, 1.807) is 0 Å². The van der Waals surface area contributed by atoms with Gasteiger partial charge in [0.25, 0.3) is 0 Å². The number of carbonyl (C=O) groups is 1. The monoisotopic (exact) mass is 232 g/mol. The fourth-order valence-electron chi connectivity index (χ4n) is 0.541. The van der Waals surface area contributed by atoms with Gasteiger partial charge in [-0.25, -0.2) is 0 Å². The quantitative estimate of drug-likeness (QED) is 0.304. The van der Waals surface area contributed by atoms with Crippen molar-refractivity contribution in [3.63, 3.8) is 0 Å². The van der Waals surface area contributed by atoms with Gasteiger partial charge in [-0.1, -0.05) is 22.4 Å². The number of carboxylic acids is 1. The zero-order valence-corrected chi connectivity index (χ0v) is 10.9. The predicted octanol–water partition coefficient (Wildman–Crippen LogP) is -2.30. The maximum absolute atomic E-state index is 9.84. The molecule has 0 spiro atoms. The van der Waals surface area contributed by atoms with Gasteiger partial charge < -0.3 is 9.90 Å². The number of halogens is 1. The number of rotatable bonds is 5. The minimum absolute atomic E-state index is 0. The maximum atomic E-state index is 9.84. The van der Waals surface area contributed by atoms with Crippen LogP contribution in [0.15, 0.2) is 0 Å². The van der Waals surface area contributed by atoms with Gasteiger partial charge in [0.15, 0.2) is 0 Å². The third-order valence-electron chi connectivity index (χ3n) is 1.01. The molecule has 0 N–H and O–H groups in total. The molecule has 0 saturated carbocycles. The van der Waals surface area contributed by atoms with Crippen molar-refractivity contribution < 1.29 is 61.3 Å². The van der Waals surface area contributed by atoms with Gasteiger partial charge in [0.1, 0.15) is 0 Å². The molecule has 0 rings (SSSR count). The van der Waals surface area contributed by atoms with E-state index < -0.39 is 5.97 Å². The Hall–Kier alpha value is 1.59. The molecule has 0 aromatic carbocycles. The smallest absolute Gasteiger partial charge is 0.550 e. The van der Waals surface area contributed by atoms with Crippen LogP contribution in [-0.4, -0.2) is 11.3 Å². The molecule has 0 aliphatic heterocycles. The van der Waals surface area contributed by atoms with Crippen molar-refractivity contribution in [3.8, 4) is 0 Å². The van der Waals surface area contributed by atoms with Crippen LogP contribution in [-0.2, 0) is 4.79 Å². The number of hydrogen-bond acceptors (Lipinski definition) is 2. The average molecular weight is 233 g/mol. The first-order chi connectivity index (χ1) is 4.27. The Labute approximate surface area is 112 Å². The van der Waals surface area contributed by atoms with E-state index in [-0.39, 0.29) is 57.8 Å². The fourth-order valence-corrected chi connectivity index (χ4v) is 0.937. The van der Waals surface area contributed by atoms with Crippen molar-refractivity contribution in [2.45, 2.75) is 25.7 Å². The van der Waals surface area contributed by atoms with Crippen molar-refractivity contribution in [1.82, 2.24) is 0 Å². The Morgan fingerprint density at radius 3 is 2.30 bits per heavy atom. The molecule has 10 heavy (non-hydrogen) atoms. The molecule has 2 nitrogen and oxygen atoms in total. The molecule has 0 amide bonds. The van der Waals surface area contributed by atoms with E-state index in [9.17, 15) is 9.90 Å². The Morgan fingerprint density at radius 1 is 1.30 bits per heavy atom. The Morgan fingerprint density at radius 2 is 1.90 bits per heavy atom. The summed E-state index contributed by atoms with van der Waals surface area (Å²) in [5, 5.41) is 10.8. The first kappa shape index (κ1) is 14.1. The van der Waals surface area contributed by atoms with Crippen LogP contribution in [0.2, 0.25) is 0 Å². The van der Waals surface area contributed by atoms with Crippen molar-refractivity contribution in [2.24, 2.45) is 0 Å². The van der Waals surface area contributed by atoms with Crippen molar-refractivity contribution in [2.75, 3.05) is 5.33 Å². The topological polar surface area (TPSA) is 40.1 Å². The summed E-state index contributed by atoms with van der Waals surface area (Å²) in [5.41, 5.74) is 0. The fraction of sp³-hybridized carbons (Fsp3) is 0.833. The van der Waals surface area contributed by atoms with E-state index in [2.05, 4.69) is 15.9 Å². The van der Waals surface area contributed by atoms with Gasteiger partial charge in [-0.2, -0.15) is 0 Å². The molecule has 0 heterocycles. The van der Waals surface area contributed by atoms with Gasteiger partial charge in [0, 0.05) is 11.3 Å². The SMILES string of the molecule is O=C([O-])CCCCCBr.[K+]. The van der Waals surface area contributed by atoms with Crippen LogP contribution in [0.25, 0.3) is 0 Å². The minimum Gasteiger partial charge on any atom is -0.550 e. The summed E-state index contributed by atoms with van der Waals surface area (Å²) in [7, 11) is 0. The Bertz CT molecular complexity index is 87.8. The van der Waals surface area contributed by atoms with Gasteiger partial charge in [0.2, 0.25) is 0 Å². The van der Waals surface area contributed by atoms with E-state index >= 15 is 0 Å². The summed E-state index contributed by atoms with van der Waals surface area (Å²) in [6.45, 7) is 0. The number of carbonyl (C=O) groups excluding carboxylic acids is 1. The number of alkyl halides is 1. The molecular formula is C6H10BrKO2. The predicted molar refractivity (Wildman–Crippen MR) is 37.3 cm³/mol. The molecule has 0 radical (unpaired) electrons. The van der Waals surface area contributed by atoms with E-state index in [0.29, 0.717) is 0 Å². The van der Waals surface area contributed by atoms with Gasteiger partial charge in [0.05, 0.1) is 0 Å². The van der Waals surface area contributed by atoms with E-state index in [0.717, 1.165) is 24.6 Å². The van der Waals surface area contributed by atoms with E-state index in [1.165, 1.54) is 0 Å². The third-order valence-corrected chi connectivity index (χ3v) is 1.58. The zero-order chi connectivity index (χ0) is 7.11. The number of unbranched alkanes of at least 4 members (excludes halogenated alkanes) is 2. The van der Waals surface area contributed by atoms with E-state index in [4.69, 9.17) is 0 Å². The summed E-state index contributed by atoms with van der Waals surface area (Å²) >= 11 is 3.25. The Balaban J connectivity index is 0. The van der Waals surface area contributed by atoms with Crippen molar-refractivity contribution >= 4 is 21.9 Å². The molecule has 0 aliphatic carbocycles. The summed E-state index contributed by atoms with van der Waals surface area (Å²) in [6, 6.07) is 0. The van der Waals surface area contributed by atoms with Crippen LogP contribution in [0.5, 0.6) is 0 Å². The maximum Gasteiger partial charge on any atom is 1.00 e. The zero-order valence-electron chi connectivity index (χ0n) is 6.23. The number of aliphatic carboxylic acids is 1. The van der Waals surface area contributed by atoms with Gasteiger partial charge >= 0.3 is 51.4 Å². The molecule has 0 aliphatic rings. The normalized spacial score (nSPS) is 8.50. The molecule has 0 unspecified atom stereocenters. The standard InChI is InChI=1S/C6H11BrO2.K/c7-5-3-1-2-4-6(8)9;/h1-5H2,(H,8,9);/q;+1/p-1. The molecule has 0 atom stereocenters. The second-order valence-corrected chi connectivity index (χ2v) is 2.66. The van der Waals surface area contributed by atoms with Crippen molar-refractivity contribution in [1.29, 1.82) is 0 Å². The van der Waals surface area contributed by atoms with Gasteiger partial charge in [-0.05, 0) is 19.3 Å². The van der Waals surface area contributed by atoms with Crippen LogP contribution in [0.3, 0.4) is 0 Å². The molecule has 0 saturated heterocycles. The van der Waals surface area contributed by atoms with E-state index in [1.807, 2.05) is 0 Å². The van der Waals surface area contributed by atoms with Crippen LogP contribution in [0.1, 0.15) is 25.7 Å². The number of hydrogen-bond donors (Lipinski definition) is 0. The average Bonchev–Trinajstić information content (AvgIpc) is 1.80. The minimum atomic E-state index is -0.940. The summed E-state index contributed by atoms with van der Waals surface area (Å²) < 4.78 is 0. The molecule has 0 bridgehead atoms. The van der Waals surface area contributed by atoms with Crippen molar-refractivity contribution in [3.05, 3.63) is 0 Å². The number of carboxylic acid groups (broad SMARTS) is 1. The summed E-state index contributed by atoms with van der Waals surface area (Å²) in [5.74, 6) is -0.940. The molecule has 54 valence electrons. The summed E-state index contributed by atoms with van der Waals surface area (Å²) in [4.78, 5) is 9.84. The first-order valence-electron chi connectivity index (χ1n) is 3.03. The molecule has 0 fully saturated rings. The first-order valence-corrected chi connectivity index (χ1v) is 4.15. The molecule has 0 aromatic heterocycles. The summed E-state index contributed by atoms with van der Waals surface area (Å²) in [6.07, 6.45) is 2.97. The molecule has 0 aromatic rings. The van der Waals surface area contributed by atoms with Crippen LogP contribution >= 0.6 is 15.9 Å². The van der Waals surface area contributed by atoms with Gasteiger partial charge in [-0.3, -0.25) is 0 Å². The largest absolute Gasteiger partial charge is 1.00 e. The van der Waals surface area contributed by atoms with Crippen LogP contribution < -0.4 is 56.5 Å². The third kappa shape index (κ3) is 12.3.